The lowest BCUT2D eigenvalue weighted by Crippen LogP contribution is -2.43. The summed E-state index contributed by atoms with van der Waals surface area (Å²) >= 11 is 0. The van der Waals surface area contributed by atoms with Crippen LogP contribution in [0.4, 0.5) is 13.6 Å². The van der Waals surface area contributed by atoms with E-state index in [2.05, 4.69) is 15.6 Å². The molecule has 0 bridgehead atoms. The monoisotopic (exact) mass is 358 g/mol. The highest BCUT2D eigenvalue weighted by Gasteiger charge is 2.47. The van der Waals surface area contributed by atoms with E-state index in [-0.39, 0.29) is 18.1 Å². The van der Waals surface area contributed by atoms with Crippen molar-refractivity contribution in [1.29, 1.82) is 0 Å². The number of halogens is 2. The lowest BCUT2D eigenvalue weighted by Gasteiger charge is -2.25. The minimum absolute atomic E-state index is 0.0480. The number of ether oxygens (including phenoxy) is 1. The third-order valence-electron chi connectivity index (χ3n) is 4.31. The molecule has 11 heteroatoms. The van der Waals surface area contributed by atoms with Gasteiger partial charge in [0.05, 0.1) is 38.5 Å². The van der Waals surface area contributed by atoms with Gasteiger partial charge >= 0.3 is 6.03 Å². The van der Waals surface area contributed by atoms with Crippen molar-refractivity contribution in [3.05, 3.63) is 11.9 Å². The van der Waals surface area contributed by atoms with Gasteiger partial charge in [0.2, 0.25) is 0 Å². The van der Waals surface area contributed by atoms with Gasteiger partial charge in [0.15, 0.2) is 5.69 Å². The standard InChI is InChI=1S/C14H20F2N6O3/c1-17-13(24)22-9-14(15,16)6-10(22)7-21-8-11(18-19-21)12(23)20-2-4-25-5-3-20/h8,10H,2-7,9H2,1H3,(H,17,24)/t10-/m0/s1. The Balaban J connectivity index is 1.67. The van der Waals surface area contributed by atoms with Crippen molar-refractivity contribution in [2.75, 3.05) is 39.9 Å². The van der Waals surface area contributed by atoms with Crippen LogP contribution in [0.15, 0.2) is 6.20 Å². The molecule has 1 atom stereocenters. The van der Waals surface area contributed by atoms with Crippen LogP contribution in [0, 0.1) is 0 Å². The van der Waals surface area contributed by atoms with E-state index in [1.54, 1.807) is 4.90 Å². The van der Waals surface area contributed by atoms with Crippen LogP contribution in [-0.2, 0) is 11.3 Å². The maximum absolute atomic E-state index is 13.7. The number of amides is 3. The average Bonchev–Trinajstić information content (AvgIpc) is 3.18. The van der Waals surface area contributed by atoms with Crippen LogP contribution in [0.5, 0.6) is 0 Å². The molecule has 0 saturated carbocycles. The van der Waals surface area contributed by atoms with Crippen LogP contribution in [0.25, 0.3) is 0 Å². The van der Waals surface area contributed by atoms with Crippen LogP contribution in [0.1, 0.15) is 16.9 Å². The van der Waals surface area contributed by atoms with Crippen LogP contribution >= 0.6 is 0 Å². The average molecular weight is 358 g/mol. The number of nitrogens with zero attached hydrogens (tertiary/aromatic N) is 5. The molecule has 0 aliphatic carbocycles. The van der Waals surface area contributed by atoms with Crippen molar-refractivity contribution >= 4 is 11.9 Å². The second-order valence-electron chi connectivity index (χ2n) is 6.13. The molecule has 1 aromatic heterocycles. The fourth-order valence-corrected chi connectivity index (χ4v) is 3.07. The van der Waals surface area contributed by atoms with Crippen molar-refractivity contribution in [2.45, 2.75) is 24.9 Å². The zero-order valence-corrected chi connectivity index (χ0v) is 13.8. The first-order valence-electron chi connectivity index (χ1n) is 8.03. The predicted molar refractivity (Wildman–Crippen MR) is 81.3 cm³/mol. The van der Waals surface area contributed by atoms with Gasteiger partial charge in [-0.15, -0.1) is 5.10 Å². The number of aromatic nitrogens is 3. The van der Waals surface area contributed by atoms with Crippen molar-refractivity contribution < 1.29 is 23.1 Å². The maximum atomic E-state index is 13.7. The normalized spacial score (nSPS) is 22.9. The predicted octanol–water partition coefficient (Wildman–Crippen LogP) is -0.200. The van der Waals surface area contributed by atoms with Crippen molar-refractivity contribution in [3.8, 4) is 0 Å². The molecule has 3 rings (SSSR count). The molecule has 0 aromatic carbocycles. The van der Waals surface area contributed by atoms with E-state index < -0.39 is 31.0 Å². The molecule has 2 saturated heterocycles. The third kappa shape index (κ3) is 3.86. The summed E-state index contributed by atoms with van der Waals surface area (Å²) in [6.07, 6.45) is 0.976. The molecule has 3 heterocycles. The quantitative estimate of drug-likeness (QED) is 0.808. The summed E-state index contributed by atoms with van der Waals surface area (Å²) in [6, 6.07) is -1.28. The molecule has 1 aromatic rings. The van der Waals surface area contributed by atoms with Crippen LogP contribution in [-0.4, -0.2) is 88.6 Å². The van der Waals surface area contributed by atoms with Gasteiger partial charge in [0.1, 0.15) is 0 Å². The Bertz CT molecular complexity index is 646. The Labute approximate surface area is 142 Å². The van der Waals surface area contributed by atoms with Gasteiger partial charge in [0.25, 0.3) is 11.8 Å². The number of hydrogen-bond acceptors (Lipinski definition) is 5. The molecule has 2 fully saturated rings. The summed E-state index contributed by atoms with van der Waals surface area (Å²) in [6.45, 7) is 1.31. The SMILES string of the molecule is CNC(=O)N1CC(F)(F)C[C@H]1Cn1cc(C(=O)N2CCOCC2)nn1. The molecule has 2 aliphatic heterocycles. The minimum Gasteiger partial charge on any atom is -0.378 e. The van der Waals surface area contributed by atoms with Crippen molar-refractivity contribution in [2.24, 2.45) is 0 Å². The Kier molecular flexibility index (Phi) is 4.84. The third-order valence-corrected chi connectivity index (χ3v) is 4.31. The molecule has 9 nitrogen and oxygen atoms in total. The summed E-state index contributed by atoms with van der Waals surface area (Å²) in [7, 11) is 1.39. The van der Waals surface area contributed by atoms with Crippen LogP contribution in [0.3, 0.4) is 0 Å². The highest BCUT2D eigenvalue weighted by atomic mass is 19.3. The maximum Gasteiger partial charge on any atom is 0.317 e. The number of hydrogen-bond donors (Lipinski definition) is 1. The Morgan fingerprint density at radius 1 is 1.40 bits per heavy atom. The Hall–Kier alpha value is -2.30. The summed E-state index contributed by atoms with van der Waals surface area (Å²) in [5.74, 6) is -3.21. The van der Waals surface area contributed by atoms with E-state index in [1.807, 2.05) is 0 Å². The highest BCUT2D eigenvalue weighted by molar-refractivity contribution is 5.92. The number of rotatable bonds is 3. The van der Waals surface area contributed by atoms with E-state index in [0.717, 1.165) is 4.90 Å². The fraction of sp³-hybridized carbons (Fsp3) is 0.714. The number of nitrogens with one attached hydrogen (secondary N) is 1. The van der Waals surface area contributed by atoms with E-state index >= 15 is 0 Å². The van der Waals surface area contributed by atoms with Crippen LogP contribution in [0.2, 0.25) is 0 Å². The second-order valence-corrected chi connectivity index (χ2v) is 6.13. The number of alkyl halides is 2. The molecule has 25 heavy (non-hydrogen) atoms. The molecular formula is C14H20F2N6O3. The number of likely N-dealkylation sites (tertiary alicyclic amines) is 1. The summed E-state index contributed by atoms with van der Waals surface area (Å²) in [5.41, 5.74) is 0.151. The minimum atomic E-state index is -2.94. The van der Waals surface area contributed by atoms with Gasteiger partial charge in [-0.2, -0.15) is 0 Å². The van der Waals surface area contributed by atoms with Crippen molar-refractivity contribution in [3.63, 3.8) is 0 Å². The number of carbonyl (C=O) groups excluding carboxylic acids is 2. The topological polar surface area (TPSA) is 92.6 Å². The van der Waals surface area contributed by atoms with E-state index in [9.17, 15) is 18.4 Å². The van der Waals surface area contributed by atoms with Gasteiger partial charge in [-0.1, -0.05) is 5.21 Å². The van der Waals surface area contributed by atoms with Gasteiger partial charge < -0.3 is 19.9 Å². The van der Waals surface area contributed by atoms with Gasteiger partial charge in [-0.05, 0) is 0 Å². The summed E-state index contributed by atoms with van der Waals surface area (Å²) in [4.78, 5) is 26.8. The largest absolute Gasteiger partial charge is 0.378 e. The molecule has 138 valence electrons. The molecule has 0 radical (unpaired) electrons. The number of urea groups is 1. The Morgan fingerprint density at radius 3 is 2.80 bits per heavy atom. The fourth-order valence-electron chi connectivity index (χ4n) is 3.07. The smallest absolute Gasteiger partial charge is 0.317 e. The van der Waals surface area contributed by atoms with E-state index in [1.165, 1.54) is 17.9 Å². The zero-order chi connectivity index (χ0) is 18.0. The summed E-state index contributed by atoms with van der Waals surface area (Å²) < 4.78 is 33.9. The molecule has 0 spiro atoms. The molecule has 3 amide bonds. The second kappa shape index (κ2) is 6.90. The lowest BCUT2D eigenvalue weighted by molar-refractivity contribution is 0.0146. The molecule has 1 N–H and O–H groups in total. The lowest BCUT2D eigenvalue weighted by atomic mass is 10.2. The molecule has 0 unspecified atom stereocenters. The van der Waals surface area contributed by atoms with E-state index in [0.29, 0.717) is 26.3 Å². The first-order valence-corrected chi connectivity index (χ1v) is 8.03. The number of morpholine rings is 1. The molecular weight excluding hydrogens is 338 g/mol. The highest BCUT2D eigenvalue weighted by Crippen LogP contribution is 2.32. The first-order chi connectivity index (χ1) is 11.9. The zero-order valence-electron chi connectivity index (χ0n) is 13.8. The van der Waals surface area contributed by atoms with Gasteiger partial charge in [0, 0.05) is 26.6 Å². The van der Waals surface area contributed by atoms with Gasteiger partial charge in [-0.25, -0.2) is 18.3 Å². The van der Waals surface area contributed by atoms with Crippen LogP contribution < -0.4 is 5.32 Å². The van der Waals surface area contributed by atoms with E-state index in [4.69, 9.17) is 4.74 Å². The van der Waals surface area contributed by atoms with Crippen molar-refractivity contribution in [1.82, 2.24) is 30.1 Å². The summed E-state index contributed by atoms with van der Waals surface area (Å²) in [5, 5.41) is 10.0. The van der Waals surface area contributed by atoms with Gasteiger partial charge in [-0.3, -0.25) is 4.79 Å². The molecule has 2 aliphatic rings. The first kappa shape index (κ1) is 17.5. The Morgan fingerprint density at radius 2 is 2.12 bits per heavy atom. The number of carbonyl (C=O) groups is 2.